The zero-order valence-corrected chi connectivity index (χ0v) is 22.2. The number of benzene rings is 1. The molecule has 3 aromatic rings. The molecule has 0 aliphatic heterocycles. The molecule has 1 saturated carbocycles. The van der Waals surface area contributed by atoms with Gasteiger partial charge in [-0.15, -0.1) is 0 Å². The number of rotatable bonds is 10. The van der Waals surface area contributed by atoms with Crippen LogP contribution in [0.15, 0.2) is 55.0 Å². The maximum absolute atomic E-state index is 13.5. The number of hydrogen-bond donors (Lipinski definition) is 2. The first-order valence-corrected chi connectivity index (χ1v) is 14.0. The molecule has 0 spiro atoms. The van der Waals surface area contributed by atoms with Crippen molar-refractivity contribution in [3.05, 3.63) is 60.6 Å². The number of pyridine rings is 2. The second kappa shape index (κ2) is 11.1. The Hall–Kier alpha value is -3.08. The Morgan fingerprint density at radius 3 is 2.49 bits per heavy atom. The van der Waals surface area contributed by atoms with Crippen LogP contribution in [0, 0.1) is 0 Å². The van der Waals surface area contributed by atoms with Crippen LogP contribution in [0.3, 0.4) is 0 Å². The highest BCUT2D eigenvalue weighted by atomic mass is 32.2. The van der Waals surface area contributed by atoms with Crippen LogP contribution in [-0.4, -0.2) is 51.4 Å². The minimum atomic E-state index is -4.05. The summed E-state index contributed by atoms with van der Waals surface area (Å²) in [7, 11) is -4.05. The number of nitrogens with zero attached hydrogens (tertiary/aromatic N) is 3. The van der Waals surface area contributed by atoms with Gasteiger partial charge in [0.25, 0.3) is 10.2 Å². The zero-order chi connectivity index (χ0) is 26.6. The van der Waals surface area contributed by atoms with Crippen molar-refractivity contribution in [3.63, 3.8) is 0 Å². The molecule has 1 fully saturated rings. The monoisotopic (exact) mass is 526 g/mol. The molecule has 0 radical (unpaired) electrons. The Labute approximate surface area is 218 Å². The van der Waals surface area contributed by atoms with E-state index >= 15 is 0 Å². The van der Waals surface area contributed by atoms with E-state index in [1.54, 1.807) is 42.9 Å². The van der Waals surface area contributed by atoms with Crippen LogP contribution in [0.5, 0.6) is 11.6 Å². The third-order valence-corrected chi connectivity index (χ3v) is 8.75. The van der Waals surface area contributed by atoms with Gasteiger partial charge in [-0.25, -0.2) is 4.98 Å². The third kappa shape index (κ3) is 6.26. The average Bonchev–Trinajstić information content (AvgIpc) is 2.85. The molecule has 4 rings (SSSR count). The Kier molecular flexibility index (Phi) is 8.11. The molecule has 1 atom stereocenters. The summed E-state index contributed by atoms with van der Waals surface area (Å²) in [5, 5.41) is 11.8. The minimum absolute atomic E-state index is 0.0311. The number of aliphatic carboxylic acids is 1. The molecule has 1 aromatic carbocycles. The topological polar surface area (TPSA) is 122 Å². The standard InChI is InChI=1S/C27H34N4O5S/c1-19(2)31(22-7-5-4-6-8-22)37(34,35)30-27(3,26(32)33)17-20-9-11-23(12-10-20)36-25-24-14-15-28-18-21(24)13-16-29-25/h9-16,18-19,22,30H,4-8,17H2,1-3H3,(H,32,33)/t27-/m0/s1. The Morgan fingerprint density at radius 1 is 1.14 bits per heavy atom. The number of carbonyl (C=O) groups is 1. The number of fused-ring (bicyclic) bond motifs is 1. The lowest BCUT2D eigenvalue weighted by molar-refractivity contribution is -0.143. The molecule has 0 saturated heterocycles. The molecular formula is C27H34N4O5S. The van der Waals surface area contributed by atoms with Crippen molar-refractivity contribution in [1.29, 1.82) is 0 Å². The van der Waals surface area contributed by atoms with E-state index in [1.165, 1.54) is 11.2 Å². The van der Waals surface area contributed by atoms with Crippen LogP contribution >= 0.6 is 0 Å². The average molecular weight is 527 g/mol. The van der Waals surface area contributed by atoms with Gasteiger partial charge < -0.3 is 9.84 Å². The van der Waals surface area contributed by atoms with Crippen LogP contribution < -0.4 is 9.46 Å². The van der Waals surface area contributed by atoms with E-state index in [-0.39, 0.29) is 18.5 Å². The molecule has 198 valence electrons. The summed E-state index contributed by atoms with van der Waals surface area (Å²) >= 11 is 0. The first kappa shape index (κ1) is 27.0. The van der Waals surface area contributed by atoms with Gasteiger partial charge in [-0.2, -0.15) is 17.4 Å². The van der Waals surface area contributed by atoms with E-state index in [1.807, 2.05) is 26.0 Å². The highest BCUT2D eigenvalue weighted by Crippen LogP contribution is 2.29. The molecule has 0 unspecified atom stereocenters. The number of nitrogens with one attached hydrogen (secondary N) is 1. The molecule has 1 aliphatic rings. The van der Waals surface area contributed by atoms with Crippen LogP contribution in [-0.2, 0) is 21.4 Å². The smallest absolute Gasteiger partial charge is 0.324 e. The van der Waals surface area contributed by atoms with Gasteiger partial charge in [-0.1, -0.05) is 31.4 Å². The second-order valence-electron chi connectivity index (χ2n) is 10.1. The molecule has 37 heavy (non-hydrogen) atoms. The van der Waals surface area contributed by atoms with Gasteiger partial charge in [0.2, 0.25) is 5.88 Å². The highest BCUT2D eigenvalue weighted by Gasteiger charge is 2.42. The van der Waals surface area contributed by atoms with Crippen molar-refractivity contribution in [3.8, 4) is 11.6 Å². The third-order valence-electron chi connectivity index (χ3n) is 6.77. The summed E-state index contributed by atoms with van der Waals surface area (Å²) in [5.74, 6) is -0.272. The maximum Gasteiger partial charge on any atom is 0.324 e. The number of carboxylic acids is 1. The van der Waals surface area contributed by atoms with Crippen molar-refractivity contribution in [2.45, 2.75) is 76.9 Å². The lowest BCUT2D eigenvalue weighted by atomic mass is 9.94. The van der Waals surface area contributed by atoms with Crippen LogP contribution in [0.4, 0.5) is 0 Å². The quantitative estimate of drug-likeness (QED) is 0.393. The van der Waals surface area contributed by atoms with E-state index < -0.39 is 21.7 Å². The number of ether oxygens (including phenoxy) is 1. The first-order valence-electron chi connectivity index (χ1n) is 12.6. The van der Waals surface area contributed by atoms with E-state index in [0.29, 0.717) is 17.2 Å². The maximum atomic E-state index is 13.5. The van der Waals surface area contributed by atoms with Crippen molar-refractivity contribution >= 4 is 27.0 Å². The van der Waals surface area contributed by atoms with Crippen molar-refractivity contribution in [1.82, 2.24) is 19.0 Å². The molecule has 1 aliphatic carbocycles. The molecule has 2 aromatic heterocycles. The van der Waals surface area contributed by atoms with E-state index in [9.17, 15) is 18.3 Å². The number of aromatic nitrogens is 2. The predicted octanol–water partition coefficient (Wildman–Crippen LogP) is 4.69. The molecule has 2 heterocycles. The van der Waals surface area contributed by atoms with E-state index in [2.05, 4.69) is 14.7 Å². The molecule has 10 heteroatoms. The van der Waals surface area contributed by atoms with Crippen molar-refractivity contribution < 1.29 is 23.1 Å². The first-order chi connectivity index (χ1) is 17.6. The summed E-state index contributed by atoms with van der Waals surface area (Å²) < 4.78 is 36.9. The summed E-state index contributed by atoms with van der Waals surface area (Å²) in [5.41, 5.74) is -1.07. The van der Waals surface area contributed by atoms with Crippen LogP contribution in [0.2, 0.25) is 0 Å². The van der Waals surface area contributed by atoms with Crippen LogP contribution in [0.1, 0.15) is 58.4 Å². The van der Waals surface area contributed by atoms with Gasteiger partial charge in [0.05, 0.1) is 0 Å². The molecule has 0 amide bonds. The van der Waals surface area contributed by atoms with Gasteiger partial charge in [0.15, 0.2) is 0 Å². The number of hydrogen-bond acceptors (Lipinski definition) is 6. The van der Waals surface area contributed by atoms with Crippen LogP contribution in [0.25, 0.3) is 10.8 Å². The lowest BCUT2D eigenvalue weighted by Gasteiger charge is -2.38. The summed E-state index contributed by atoms with van der Waals surface area (Å²) in [4.78, 5) is 20.7. The molecule has 0 bridgehead atoms. The normalized spacial score (nSPS) is 16.7. The second-order valence-corrected chi connectivity index (χ2v) is 11.7. The summed E-state index contributed by atoms with van der Waals surface area (Å²) in [6.45, 7) is 5.06. The molecular weight excluding hydrogens is 492 g/mol. The van der Waals surface area contributed by atoms with Gasteiger partial charge in [0, 0.05) is 47.9 Å². The largest absolute Gasteiger partial charge is 0.480 e. The fourth-order valence-corrected chi connectivity index (χ4v) is 6.98. The zero-order valence-electron chi connectivity index (χ0n) is 21.4. The van der Waals surface area contributed by atoms with Gasteiger partial charge in [-0.05, 0) is 63.4 Å². The SMILES string of the molecule is CC(C)N(C1CCCCC1)S(=O)(=O)N[C@@](C)(Cc1ccc(Oc2nccc3cnccc23)cc1)C(=O)O. The Bertz CT molecular complexity index is 1340. The number of carboxylic acid groups (broad SMARTS) is 1. The Balaban J connectivity index is 1.51. The molecule has 2 N–H and O–H groups in total. The highest BCUT2D eigenvalue weighted by molar-refractivity contribution is 7.87. The van der Waals surface area contributed by atoms with Crippen molar-refractivity contribution in [2.75, 3.05) is 0 Å². The lowest BCUT2D eigenvalue weighted by Crippen LogP contribution is -2.60. The van der Waals surface area contributed by atoms with Gasteiger partial charge >= 0.3 is 5.97 Å². The Morgan fingerprint density at radius 2 is 1.84 bits per heavy atom. The fourth-order valence-electron chi connectivity index (χ4n) is 4.99. The summed E-state index contributed by atoms with van der Waals surface area (Å²) in [6, 6.07) is 10.2. The summed E-state index contributed by atoms with van der Waals surface area (Å²) in [6.07, 6.45) is 9.62. The minimum Gasteiger partial charge on any atom is -0.480 e. The van der Waals surface area contributed by atoms with E-state index in [4.69, 9.17) is 4.74 Å². The van der Waals surface area contributed by atoms with E-state index in [0.717, 1.165) is 42.9 Å². The predicted molar refractivity (Wildman–Crippen MR) is 142 cm³/mol. The molecule has 9 nitrogen and oxygen atoms in total. The van der Waals surface area contributed by atoms with Crippen molar-refractivity contribution in [2.24, 2.45) is 0 Å². The van der Waals surface area contributed by atoms with Gasteiger partial charge in [0.1, 0.15) is 11.3 Å². The van der Waals surface area contributed by atoms with Gasteiger partial charge in [-0.3, -0.25) is 9.78 Å². The fraction of sp³-hybridized carbons (Fsp3) is 0.444.